The van der Waals surface area contributed by atoms with E-state index in [1.54, 1.807) is 0 Å². The summed E-state index contributed by atoms with van der Waals surface area (Å²) in [6, 6.07) is 11.3. The maximum atomic E-state index is 14.6. The predicted octanol–water partition coefficient (Wildman–Crippen LogP) is 3.37. The van der Waals surface area contributed by atoms with Crippen LogP contribution in [0.15, 0.2) is 52.4 Å². The van der Waals surface area contributed by atoms with Gasteiger partial charge >= 0.3 is 0 Å². The number of hydrogen-bond donors (Lipinski definition) is 9. The van der Waals surface area contributed by atoms with Crippen molar-refractivity contribution in [2.45, 2.75) is 135 Å². The Kier molecular flexibility index (Phi) is 16.1. The molecule has 0 unspecified atom stereocenters. The Bertz CT molecular complexity index is 1870. The van der Waals surface area contributed by atoms with Crippen molar-refractivity contribution in [3.8, 4) is 0 Å². The van der Waals surface area contributed by atoms with Crippen LogP contribution in [0.4, 0.5) is 0 Å². The number of nitrogens with two attached hydrogens (primary N) is 5. The van der Waals surface area contributed by atoms with Gasteiger partial charge in [-0.25, -0.2) is 0 Å². The Balaban J connectivity index is 2.09. The van der Waals surface area contributed by atoms with Gasteiger partial charge in [0.25, 0.3) is 0 Å². The van der Waals surface area contributed by atoms with Crippen molar-refractivity contribution >= 4 is 40.5 Å². The van der Waals surface area contributed by atoms with Gasteiger partial charge in [-0.15, -0.1) is 0 Å². The van der Waals surface area contributed by atoms with Crippen molar-refractivity contribution in [1.29, 1.82) is 0 Å². The normalized spacial score (nSPS) is 13.6. The summed E-state index contributed by atoms with van der Waals surface area (Å²) in [5, 5.41) is 9.91. The molecule has 57 heavy (non-hydrogen) atoms. The maximum absolute atomic E-state index is 14.6. The molecule has 3 amide bonds. The standard InChI is InChI=1S/C43H69N11O3/c1-41(2,3)27-23-28-29(35(43(7,8)9)54-34(28)30(24-27)42(4,5)6)25-33(53-36(55)31(44)17-13-20-50-39(45)46)38(57)52-32(18-14-21-51-40(47)48)37(56)49-22-19-26-15-11-10-12-16-26/h10-12,15-16,23-24,31-33,54H,13-14,17-22,25,44H2,1-9H3,(H,49,56)(H,52,57)(H,53,55)(H4,45,46,50)(H4,47,48,51)/t31-,32+,33-/m0/s1. The molecule has 0 aliphatic rings. The highest BCUT2D eigenvalue weighted by Gasteiger charge is 2.34. The summed E-state index contributed by atoms with van der Waals surface area (Å²) >= 11 is 0. The van der Waals surface area contributed by atoms with Crippen molar-refractivity contribution < 1.29 is 14.4 Å². The number of rotatable bonds is 18. The van der Waals surface area contributed by atoms with E-state index in [2.05, 4.69) is 105 Å². The topological polar surface area (TPSA) is 258 Å². The Morgan fingerprint density at radius 2 is 1.30 bits per heavy atom. The van der Waals surface area contributed by atoms with Gasteiger partial charge in [-0.1, -0.05) is 98.7 Å². The molecular formula is C43H69N11O3. The van der Waals surface area contributed by atoms with Crippen LogP contribution in [0, 0.1) is 0 Å². The second-order valence-corrected chi connectivity index (χ2v) is 18.0. The van der Waals surface area contributed by atoms with Gasteiger partial charge in [0.1, 0.15) is 12.1 Å². The highest BCUT2D eigenvalue weighted by atomic mass is 16.2. The molecule has 0 saturated carbocycles. The minimum Gasteiger partial charge on any atom is -0.370 e. The molecule has 0 bridgehead atoms. The first-order valence-electron chi connectivity index (χ1n) is 20.0. The number of nitrogens with one attached hydrogen (secondary N) is 4. The number of fused-ring (bicyclic) bond motifs is 1. The molecule has 0 saturated heterocycles. The van der Waals surface area contributed by atoms with Gasteiger partial charge in [0.2, 0.25) is 17.7 Å². The van der Waals surface area contributed by atoms with E-state index >= 15 is 0 Å². The monoisotopic (exact) mass is 788 g/mol. The molecule has 0 fully saturated rings. The summed E-state index contributed by atoms with van der Waals surface area (Å²) in [6.07, 6.45) is 2.19. The first kappa shape index (κ1) is 46.3. The quantitative estimate of drug-likeness (QED) is 0.0523. The molecule has 0 radical (unpaired) electrons. The van der Waals surface area contributed by atoms with Gasteiger partial charge in [0.15, 0.2) is 11.9 Å². The van der Waals surface area contributed by atoms with Crippen LogP contribution in [0.1, 0.15) is 116 Å². The van der Waals surface area contributed by atoms with Gasteiger partial charge in [0, 0.05) is 48.1 Å². The summed E-state index contributed by atoms with van der Waals surface area (Å²) < 4.78 is 0. The Morgan fingerprint density at radius 3 is 1.84 bits per heavy atom. The molecule has 3 rings (SSSR count). The highest BCUT2D eigenvalue weighted by molar-refractivity contribution is 5.95. The lowest BCUT2D eigenvalue weighted by atomic mass is 9.78. The van der Waals surface area contributed by atoms with Gasteiger partial charge in [-0.2, -0.15) is 0 Å². The smallest absolute Gasteiger partial charge is 0.243 e. The molecule has 3 aromatic rings. The van der Waals surface area contributed by atoms with Crippen LogP contribution in [-0.2, 0) is 43.5 Å². The molecule has 1 aromatic heterocycles. The fourth-order valence-electron chi connectivity index (χ4n) is 6.71. The number of nitrogens with zero attached hydrogens (tertiary/aromatic N) is 2. The van der Waals surface area contributed by atoms with Crippen molar-refractivity contribution in [3.05, 3.63) is 70.4 Å². The molecule has 314 valence electrons. The lowest BCUT2D eigenvalue weighted by molar-refractivity contribution is -0.132. The third-order valence-corrected chi connectivity index (χ3v) is 9.92. The summed E-state index contributed by atoms with van der Waals surface area (Å²) in [7, 11) is 0. The molecular weight excluding hydrogens is 719 g/mol. The fourth-order valence-corrected chi connectivity index (χ4v) is 6.71. The lowest BCUT2D eigenvalue weighted by Gasteiger charge is -2.27. The number of carbonyl (C=O) groups excluding carboxylic acids is 3. The molecule has 14 N–H and O–H groups in total. The molecule has 1 heterocycles. The zero-order valence-corrected chi connectivity index (χ0v) is 35.6. The molecule has 14 nitrogen and oxygen atoms in total. The first-order chi connectivity index (χ1) is 26.5. The number of H-pyrrole nitrogens is 1. The van der Waals surface area contributed by atoms with Crippen molar-refractivity contribution in [1.82, 2.24) is 20.9 Å². The summed E-state index contributed by atoms with van der Waals surface area (Å²) in [5.41, 5.74) is 33.9. The van der Waals surface area contributed by atoms with Gasteiger partial charge in [-0.05, 0) is 71.3 Å². The second kappa shape index (κ2) is 19.8. The van der Waals surface area contributed by atoms with E-state index in [9.17, 15) is 14.4 Å². The largest absolute Gasteiger partial charge is 0.370 e. The molecule has 2 aromatic carbocycles. The minimum atomic E-state index is -1.09. The van der Waals surface area contributed by atoms with E-state index < -0.39 is 29.9 Å². The van der Waals surface area contributed by atoms with Crippen LogP contribution in [0.25, 0.3) is 10.9 Å². The first-order valence-corrected chi connectivity index (χ1v) is 20.0. The highest BCUT2D eigenvalue weighted by Crippen LogP contribution is 2.40. The van der Waals surface area contributed by atoms with Gasteiger partial charge < -0.3 is 49.6 Å². The number of aliphatic imine (C=N–C) groups is 2. The number of carbonyl (C=O) groups is 3. The Morgan fingerprint density at radius 1 is 0.719 bits per heavy atom. The Hall–Kier alpha value is -5.11. The van der Waals surface area contributed by atoms with Crippen molar-refractivity contribution in [2.75, 3.05) is 19.6 Å². The number of hydrogen-bond acceptors (Lipinski definition) is 6. The number of benzene rings is 2. The lowest BCUT2D eigenvalue weighted by Crippen LogP contribution is -2.56. The van der Waals surface area contributed by atoms with Crippen LogP contribution >= 0.6 is 0 Å². The van der Waals surface area contributed by atoms with E-state index in [1.165, 1.54) is 0 Å². The summed E-state index contributed by atoms with van der Waals surface area (Å²) in [6.45, 7) is 20.4. The van der Waals surface area contributed by atoms with Crippen LogP contribution in [0.3, 0.4) is 0 Å². The van der Waals surface area contributed by atoms with E-state index in [-0.39, 0.29) is 53.5 Å². The summed E-state index contributed by atoms with van der Waals surface area (Å²) in [4.78, 5) is 53.9. The van der Waals surface area contributed by atoms with Gasteiger partial charge in [-0.3, -0.25) is 24.4 Å². The SMILES string of the molecule is CC(C)(C)c1cc(C(C)(C)C)c2[nH]c(C(C)(C)C)c(C[C@H](NC(=O)[C@@H](N)CCCN=C(N)N)C(=O)N[C@H](CCCN=C(N)N)C(=O)NCCc3ccccc3)c2c1. The van der Waals surface area contributed by atoms with E-state index in [0.29, 0.717) is 38.8 Å². The zero-order chi connectivity index (χ0) is 42.7. The molecule has 14 heteroatoms. The molecule has 0 aliphatic heterocycles. The van der Waals surface area contributed by atoms with Crippen LogP contribution in [-0.4, -0.2) is 72.4 Å². The third-order valence-electron chi connectivity index (χ3n) is 9.92. The van der Waals surface area contributed by atoms with E-state index in [4.69, 9.17) is 28.7 Å². The van der Waals surface area contributed by atoms with Crippen molar-refractivity contribution in [3.63, 3.8) is 0 Å². The average molecular weight is 788 g/mol. The number of aromatic nitrogens is 1. The third kappa shape index (κ3) is 14.1. The molecule has 0 spiro atoms. The van der Waals surface area contributed by atoms with E-state index in [0.717, 1.165) is 38.9 Å². The number of guanidine groups is 2. The van der Waals surface area contributed by atoms with Crippen molar-refractivity contribution in [2.24, 2.45) is 38.7 Å². The average Bonchev–Trinajstić information content (AvgIpc) is 3.48. The predicted molar refractivity (Wildman–Crippen MR) is 233 cm³/mol. The van der Waals surface area contributed by atoms with Crippen LogP contribution in [0.2, 0.25) is 0 Å². The number of amides is 3. The maximum Gasteiger partial charge on any atom is 0.243 e. The second-order valence-electron chi connectivity index (χ2n) is 18.0. The number of aromatic amines is 1. The Labute approximate surface area is 339 Å². The zero-order valence-electron chi connectivity index (χ0n) is 35.6. The fraction of sp³-hybridized carbons (Fsp3) is 0.558. The van der Waals surface area contributed by atoms with E-state index in [1.807, 2.05) is 30.3 Å². The van der Waals surface area contributed by atoms with Gasteiger partial charge in [0.05, 0.1) is 6.04 Å². The molecule has 0 aliphatic carbocycles. The van der Waals surface area contributed by atoms with Crippen LogP contribution < -0.4 is 44.6 Å². The van der Waals surface area contributed by atoms with Crippen LogP contribution in [0.5, 0.6) is 0 Å². The molecule has 3 atom stereocenters. The summed E-state index contributed by atoms with van der Waals surface area (Å²) in [5.74, 6) is -1.47. The minimum absolute atomic E-state index is 0.0423.